The third kappa shape index (κ3) is 4.34. The summed E-state index contributed by atoms with van der Waals surface area (Å²) in [4.78, 5) is 12.1. The summed E-state index contributed by atoms with van der Waals surface area (Å²) in [5.74, 6) is -0.831. The number of hydrogen-bond acceptors (Lipinski definition) is 4. The molecule has 0 bridgehead atoms. The molecule has 9 heteroatoms. The SMILES string of the molecule is CCS(=O)(=O)Nc1cccc(C2=NN(C(C)=O)[C@@H](c3ccc(F)c(Cl)c3)C2)c1. The van der Waals surface area contributed by atoms with Crippen LogP contribution in [0.3, 0.4) is 0 Å². The van der Waals surface area contributed by atoms with Crippen LogP contribution in [-0.4, -0.2) is 30.8 Å². The summed E-state index contributed by atoms with van der Waals surface area (Å²) in [6.45, 7) is 2.95. The molecule has 1 aliphatic heterocycles. The summed E-state index contributed by atoms with van der Waals surface area (Å²) >= 11 is 5.89. The Morgan fingerprint density at radius 3 is 2.71 bits per heavy atom. The number of halogens is 2. The summed E-state index contributed by atoms with van der Waals surface area (Å²) in [6, 6.07) is 10.7. The van der Waals surface area contributed by atoms with Gasteiger partial charge < -0.3 is 0 Å². The first-order chi connectivity index (χ1) is 13.2. The molecule has 1 aliphatic rings. The van der Waals surface area contributed by atoms with E-state index in [1.807, 2.05) is 0 Å². The molecule has 1 heterocycles. The fourth-order valence-electron chi connectivity index (χ4n) is 2.97. The van der Waals surface area contributed by atoms with Crippen molar-refractivity contribution >= 4 is 38.9 Å². The maximum absolute atomic E-state index is 13.5. The van der Waals surface area contributed by atoms with Crippen molar-refractivity contribution in [1.82, 2.24) is 5.01 Å². The van der Waals surface area contributed by atoms with E-state index in [2.05, 4.69) is 9.82 Å². The second-order valence-electron chi connectivity index (χ2n) is 6.39. The Bertz CT molecular complexity index is 1060. The van der Waals surface area contributed by atoms with Gasteiger partial charge in [0.05, 0.1) is 22.5 Å². The van der Waals surface area contributed by atoms with Crippen molar-refractivity contribution in [1.29, 1.82) is 0 Å². The second-order valence-corrected chi connectivity index (χ2v) is 8.81. The first kappa shape index (κ1) is 20.3. The number of nitrogens with one attached hydrogen (secondary N) is 1. The van der Waals surface area contributed by atoms with E-state index in [0.717, 1.165) is 0 Å². The molecule has 2 aromatic carbocycles. The quantitative estimate of drug-likeness (QED) is 0.791. The van der Waals surface area contributed by atoms with Crippen molar-refractivity contribution in [2.45, 2.75) is 26.3 Å². The monoisotopic (exact) mass is 423 g/mol. The highest BCUT2D eigenvalue weighted by atomic mass is 35.5. The number of rotatable bonds is 5. The van der Waals surface area contributed by atoms with Crippen LogP contribution in [0.4, 0.5) is 10.1 Å². The minimum atomic E-state index is -3.40. The van der Waals surface area contributed by atoms with Gasteiger partial charge in [-0.1, -0.05) is 29.8 Å². The average molecular weight is 424 g/mol. The first-order valence-corrected chi connectivity index (χ1v) is 10.7. The summed E-state index contributed by atoms with van der Waals surface area (Å²) in [5, 5.41) is 5.72. The smallest absolute Gasteiger partial charge is 0.240 e. The van der Waals surface area contributed by atoms with Crippen molar-refractivity contribution in [3.05, 3.63) is 64.4 Å². The van der Waals surface area contributed by atoms with Crippen molar-refractivity contribution in [2.75, 3.05) is 10.5 Å². The Morgan fingerprint density at radius 2 is 2.07 bits per heavy atom. The molecule has 6 nitrogen and oxygen atoms in total. The number of benzene rings is 2. The molecule has 2 aromatic rings. The van der Waals surface area contributed by atoms with Crippen LogP contribution in [0.15, 0.2) is 47.6 Å². The molecular formula is C19H19ClFN3O3S. The van der Waals surface area contributed by atoms with Gasteiger partial charge in [-0.2, -0.15) is 5.10 Å². The number of amides is 1. The Hall–Kier alpha value is -2.45. The normalized spacial score (nSPS) is 16.8. The lowest BCUT2D eigenvalue weighted by Gasteiger charge is -2.20. The second kappa shape index (κ2) is 7.89. The number of hydrogen-bond donors (Lipinski definition) is 1. The molecule has 0 saturated carbocycles. The van der Waals surface area contributed by atoms with Gasteiger partial charge >= 0.3 is 0 Å². The number of nitrogens with zero attached hydrogens (tertiary/aromatic N) is 2. The Balaban J connectivity index is 1.92. The van der Waals surface area contributed by atoms with Crippen LogP contribution in [0.1, 0.15) is 37.4 Å². The van der Waals surface area contributed by atoms with Crippen LogP contribution in [0.2, 0.25) is 5.02 Å². The third-order valence-corrected chi connectivity index (χ3v) is 6.01. The number of hydrazone groups is 1. The molecule has 3 rings (SSSR count). The van der Waals surface area contributed by atoms with E-state index in [4.69, 9.17) is 11.6 Å². The van der Waals surface area contributed by atoms with Gasteiger partial charge in [-0.05, 0) is 42.3 Å². The molecule has 0 aliphatic carbocycles. The molecular weight excluding hydrogens is 405 g/mol. The van der Waals surface area contributed by atoms with Crippen LogP contribution in [0.5, 0.6) is 0 Å². The predicted molar refractivity (Wildman–Crippen MR) is 107 cm³/mol. The molecule has 0 saturated heterocycles. The van der Waals surface area contributed by atoms with Gasteiger partial charge in [0.25, 0.3) is 0 Å². The van der Waals surface area contributed by atoms with Crippen molar-refractivity contribution in [3.8, 4) is 0 Å². The van der Waals surface area contributed by atoms with Crippen LogP contribution < -0.4 is 4.72 Å². The molecule has 0 aromatic heterocycles. The van der Waals surface area contributed by atoms with Gasteiger partial charge in [0, 0.05) is 19.0 Å². The lowest BCUT2D eigenvalue weighted by atomic mass is 9.98. The highest BCUT2D eigenvalue weighted by Crippen LogP contribution is 2.34. The van der Waals surface area contributed by atoms with E-state index in [-0.39, 0.29) is 16.7 Å². The van der Waals surface area contributed by atoms with E-state index in [1.54, 1.807) is 37.3 Å². The minimum Gasteiger partial charge on any atom is -0.284 e. The van der Waals surface area contributed by atoms with Gasteiger partial charge in [0.2, 0.25) is 15.9 Å². The molecule has 1 amide bonds. The lowest BCUT2D eigenvalue weighted by Crippen LogP contribution is -2.24. The summed E-state index contributed by atoms with van der Waals surface area (Å²) < 4.78 is 39.6. The van der Waals surface area contributed by atoms with Crippen LogP contribution in [-0.2, 0) is 14.8 Å². The summed E-state index contributed by atoms with van der Waals surface area (Å²) in [6.07, 6.45) is 0.394. The Morgan fingerprint density at radius 1 is 1.32 bits per heavy atom. The highest BCUT2D eigenvalue weighted by Gasteiger charge is 2.31. The molecule has 0 spiro atoms. The van der Waals surface area contributed by atoms with E-state index in [9.17, 15) is 17.6 Å². The van der Waals surface area contributed by atoms with E-state index in [0.29, 0.717) is 28.9 Å². The van der Waals surface area contributed by atoms with Gasteiger partial charge in [0.15, 0.2) is 0 Å². The standard InChI is InChI=1S/C19H19ClFN3O3S/c1-3-28(26,27)23-15-6-4-5-13(9-15)18-11-19(24(22-18)12(2)25)14-7-8-17(21)16(20)10-14/h4-10,19,23H,3,11H2,1-2H3/t19-/m1/s1. The van der Waals surface area contributed by atoms with Crippen molar-refractivity contribution in [2.24, 2.45) is 5.10 Å². The van der Waals surface area contributed by atoms with E-state index in [1.165, 1.54) is 24.1 Å². The van der Waals surface area contributed by atoms with Gasteiger partial charge in [-0.25, -0.2) is 17.8 Å². The molecule has 148 valence electrons. The topological polar surface area (TPSA) is 78.8 Å². The average Bonchev–Trinajstić information content (AvgIpc) is 3.10. The van der Waals surface area contributed by atoms with Crippen molar-refractivity contribution < 1.29 is 17.6 Å². The molecule has 28 heavy (non-hydrogen) atoms. The Labute approximate surface area is 168 Å². The zero-order valence-electron chi connectivity index (χ0n) is 15.3. The zero-order chi connectivity index (χ0) is 20.5. The summed E-state index contributed by atoms with van der Waals surface area (Å²) in [7, 11) is -3.40. The van der Waals surface area contributed by atoms with E-state index < -0.39 is 21.9 Å². The van der Waals surface area contributed by atoms with E-state index >= 15 is 0 Å². The van der Waals surface area contributed by atoms with Crippen molar-refractivity contribution in [3.63, 3.8) is 0 Å². The van der Waals surface area contributed by atoms with Crippen LogP contribution in [0, 0.1) is 5.82 Å². The largest absolute Gasteiger partial charge is 0.284 e. The number of anilines is 1. The minimum absolute atomic E-state index is 0.0228. The van der Waals surface area contributed by atoms with Gasteiger partial charge in [-0.3, -0.25) is 9.52 Å². The molecule has 1 atom stereocenters. The Kier molecular flexibility index (Phi) is 5.71. The first-order valence-electron chi connectivity index (χ1n) is 8.63. The number of carbonyl (C=O) groups is 1. The molecule has 0 unspecified atom stereocenters. The number of sulfonamides is 1. The summed E-state index contributed by atoms with van der Waals surface area (Å²) in [5.41, 5.74) is 2.41. The van der Waals surface area contributed by atoms with Gasteiger partial charge in [0.1, 0.15) is 5.82 Å². The highest BCUT2D eigenvalue weighted by molar-refractivity contribution is 7.92. The lowest BCUT2D eigenvalue weighted by molar-refractivity contribution is -0.130. The van der Waals surface area contributed by atoms with Gasteiger partial charge in [-0.15, -0.1) is 0 Å². The molecule has 1 N–H and O–H groups in total. The third-order valence-electron chi connectivity index (χ3n) is 4.41. The molecule has 0 radical (unpaired) electrons. The van der Waals surface area contributed by atoms with Crippen LogP contribution in [0.25, 0.3) is 0 Å². The zero-order valence-corrected chi connectivity index (χ0v) is 16.9. The fourth-order valence-corrected chi connectivity index (χ4v) is 3.79. The maximum Gasteiger partial charge on any atom is 0.240 e. The fraction of sp³-hybridized carbons (Fsp3) is 0.263. The molecule has 0 fully saturated rings. The van der Waals surface area contributed by atoms with Crippen LogP contribution >= 0.6 is 11.6 Å². The number of carbonyl (C=O) groups excluding carboxylic acids is 1. The maximum atomic E-state index is 13.5. The predicted octanol–water partition coefficient (Wildman–Crippen LogP) is 3.94.